The Balaban J connectivity index is 0.00000465. The van der Waals surface area contributed by atoms with Crippen LogP contribution in [0.25, 0.3) is 0 Å². The van der Waals surface area contributed by atoms with E-state index in [4.69, 9.17) is 18.9 Å². The van der Waals surface area contributed by atoms with E-state index in [1.807, 2.05) is 6.07 Å². The molecule has 1 aliphatic heterocycles. The normalized spacial score (nSPS) is 28.9. The molecular formula is C43H55Ac2NO13. The molecule has 5 rings (SSSR count). The molecule has 2 aromatic rings. The number of fused-ring (bicyclic) bond motifs is 1. The van der Waals surface area contributed by atoms with E-state index in [1.54, 1.807) is 77.1 Å². The van der Waals surface area contributed by atoms with Crippen LogP contribution in [-0.4, -0.2) is 110 Å². The summed E-state index contributed by atoms with van der Waals surface area (Å²) in [6, 6.07) is 15.5. The fourth-order valence-corrected chi connectivity index (χ4v) is 8.63. The Labute approximate surface area is 416 Å². The molecule has 1 amide bonds. The molecule has 1 saturated heterocycles. The molecule has 11 atom stereocenters. The van der Waals surface area contributed by atoms with Gasteiger partial charge in [0, 0.05) is 112 Å². The zero-order valence-corrected chi connectivity index (χ0v) is 44.0. The van der Waals surface area contributed by atoms with Gasteiger partial charge in [-0.2, -0.15) is 0 Å². The van der Waals surface area contributed by atoms with Crippen molar-refractivity contribution < 1.29 is 152 Å². The van der Waals surface area contributed by atoms with Crippen LogP contribution in [0.3, 0.4) is 0 Å². The number of nitrogens with one attached hydrogen (secondary N) is 1. The number of allylic oxidation sites excluding steroid dienone is 1. The number of carbonyl (C=O) groups is 4. The first-order chi connectivity index (χ1) is 26.7. The summed E-state index contributed by atoms with van der Waals surface area (Å²) in [7, 11) is 0. The number of esters is 2. The maximum Gasteiger partial charge on any atom is 0.408 e. The van der Waals surface area contributed by atoms with Crippen molar-refractivity contribution >= 4 is 23.8 Å². The van der Waals surface area contributed by atoms with Crippen LogP contribution in [0.5, 0.6) is 0 Å². The first-order valence-corrected chi connectivity index (χ1v) is 19.1. The van der Waals surface area contributed by atoms with Gasteiger partial charge in [-0.3, -0.25) is 4.79 Å². The predicted octanol–water partition coefficient (Wildman–Crippen LogP) is 3.32. The number of hydrogen-bond donors (Lipinski definition) is 6. The first kappa shape index (κ1) is 51.8. The van der Waals surface area contributed by atoms with Gasteiger partial charge in [-0.1, -0.05) is 81.0 Å². The molecule has 1 heterocycles. The number of ether oxygens (including phenoxy) is 4. The van der Waals surface area contributed by atoms with E-state index in [0.717, 1.165) is 6.92 Å². The number of alkyl carbamates (subject to hydrolysis) is 1. The van der Waals surface area contributed by atoms with Crippen LogP contribution in [0.4, 0.5) is 4.79 Å². The van der Waals surface area contributed by atoms with Gasteiger partial charge in [-0.15, -0.1) is 0 Å². The minimum Gasteiger partial charge on any atom is -0.456 e. The second-order valence-corrected chi connectivity index (χ2v) is 16.4. The Morgan fingerprint density at radius 3 is 2.10 bits per heavy atom. The maximum absolute atomic E-state index is 13.9. The summed E-state index contributed by atoms with van der Waals surface area (Å²) >= 11 is 0. The third kappa shape index (κ3) is 11.0. The molecule has 0 aromatic heterocycles. The molecule has 316 valence electrons. The molecule has 1 saturated carbocycles. The standard InChI is InChI=1S/C43H55NO13.2Ac/c1-23(2)18-29(44-40(51)54-21-27-14-10-8-11-15-27)36(48)39(50)56-31-20-43(53,41(6,7)33(25(31)4)35(47)26(5)45)37(57-38(49)28-16-12-9-13-17-28)34-24(3)30(46)19-32-42(34,52)22-55-32;;/h8-18,24,29-32,34-37,46-48,52-53H,19-22H2,1-7H3,(H,44,51);;/t24-,29?,30?,31?,32?,34?,35?,36?,37?,42-,43?;;/m0../s1. The number of ketones is 1. The van der Waals surface area contributed by atoms with Crippen LogP contribution >= 0.6 is 0 Å². The molecular weight excluding hydrogens is 1190 g/mol. The van der Waals surface area contributed by atoms with Crippen LogP contribution in [0, 0.1) is 105 Å². The zero-order valence-electron chi connectivity index (χ0n) is 34.5. The van der Waals surface area contributed by atoms with Gasteiger partial charge in [0.2, 0.25) is 0 Å². The molecule has 16 heteroatoms. The summed E-state index contributed by atoms with van der Waals surface area (Å²) in [4.78, 5) is 53.6. The van der Waals surface area contributed by atoms with Gasteiger partial charge in [-0.05, 0) is 62.5 Å². The molecule has 2 radical (unpaired) electrons. The molecule has 9 unspecified atom stereocenters. The van der Waals surface area contributed by atoms with E-state index < -0.39 is 101 Å². The van der Waals surface area contributed by atoms with Gasteiger partial charge >= 0.3 is 18.0 Å². The molecule has 0 spiro atoms. The number of carbonyl (C=O) groups excluding carboxylic acids is 4. The van der Waals surface area contributed by atoms with Gasteiger partial charge in [-0.25, -0.2) is 14.4 Å². The quantitative estimate of drug-likeness (QED) is 0.0966. The maximum atomic E-state index is 13.9. The van der Waals surface area contributed by atoms with Crippen molar-refractivity contribution in [3.8, 4) is 0 Å². The average Bonchev–Trinajstić information content (AvgIpc) is 3.16. The van der Waals surface area contributed by atoms with Crippen molar-refractivity contribution in [2.45, 2.75) is 122 Å². The second kappa shape index (κ2) is 21.2. The van der Waals surface area contributed by atoms with Crippen molar-refractivity contribution in [2.24, 2.45) is 17.3 Å². The van der Waals surface area contributed by atoms with Gasteiger partial charge in [0.25, 0.3) is 0 Å². The van der Waals surface area contributed by atoms with Crippen LogP contribution < -0.4 is 5.32 Å². The predicted molar refractivity (Wildman–Crippen MR) is 205 cm³/mol. The second-order valence-electron chi connectivity index (χ2n) is 16.4. The topological polar surface area (TPSA) is 218 Å². The summed E-state index contributed by atoms with van der Waals surface area (Å²) in [6.45, 7) is 10.5. The number of Topliss-reactive ketones (excluding diaryl/α,β-unsaturated/α-hetero) is 1. The van der Waals surface area contributed by atoms with Crippen LogP contribution in [0.1, 0.15) is 77.2 Å². The van der Waals surface area contributed by atoms with E-state index in [9.17, 15) is 44.7 Å². The number of aliphatic hydroxyl groups excluding tert-OH is 3. The third-order valence-corrected chi connectivity index (χ3v) is 12.0. The van der Waals surface area contributed by atoms with E-state index in [0.29, 0.717) is 11.1 Å². The third-order valence-electron chi connectivity index (χ3n) is 12.0. The zero-order chi connectivity index (χ0) is 42.0. The van der Waals surface area contributed by atoms with E-state index in [-0.39, 0.29) is 124 Å². The van der Waals surface area contributed by atoms with Crippen molar-refractivity contribution in [3.05, 3.63) is 94.6 Å². The SMILES string of the molecule is CC(=O)C(O)C1=C(C)C(OC(=O)C(O)C(C=C(C)C)NC(=O)OCc2ccccc2)CC(O)(C(OC(=O)c2ccccc2)C2[C@@H](C)C(O)CC3OC[C@]32O)C1(C)C.[Ac].[Ac]. The van der Waals surface area contributed by atoms with E-state index in [2.05, 4.69) is 5.32 Å². The Hall–Kier alpha value is -1.56. The summed E-state index contributed by atoms with van der Waals surface area (Å²) in [6.07, 6.45) is -8.74. The molecule has 59 heavy (non-hydrogen) atoms. The van der Waals surface area contributed by atoms with Gasteiger partial charge < -0.3 is 49.8 Å². The smallest absolute Gasteiger partial charge is 0.408 e. The van der Waals surface area contributed by atoms with Gasteiger partial charge in [0.05, 0.1) is 30.4 Å². The molecule has 2 aliphatic carbocycles. The Bertz CT molecular complexity index is 1870. The summed E-state index contributed by atoms with van der Waals surface area (Å²) in [5.74, 6) is -4.73. The monoisotopic (exact) mass is 1250 g/mol. The molecule has 6 N–H and O–H groups in total. The average molecular weight is 1250 g/mol. The minimum absolute atomic E-state index is 0. The molecule has 14 nitrogen and oxygen atoms in total. The van der Waals surface area contributed by atoms with Crippen molar-refractivity contribution in [2.75, 3.05) is 6.61 Å². The largest absolute Gasteiger partial charge is 0.456 e. The van der Waals surface area contributed by atoms with Crippen LogP contribution in [0.15, 0.2) is 83.5 Å². The van der Waals surface area contributed by atoms with Crippen molar-refractivity contribution in [3.63, 3.8) is 0 Å². The minimum atomic E-state index is -2.33. The Morgan fingerprint density at radius 1 is 0.966 bits per heavy atom. The fraction of sp³-hybridized carbons (Fsp3) is 0.535. The molecule has 3 aliphatic rings. The van der Waals surface area contributed by atoms with Crippen molar-refractivity contribution in [1.82, 2.24) is 5.32 Å². The number of amides is 1. The summed E-state index contributed by atoms with van der Waals surface area (Å²) < 4.78 is 23.1. The molecule has 2 fully saturated rings. The van der Waals surface area contributed by atoms with Crippen LogP contribution in [0.2, 0.25) is 0 Å². The van der Waals surface area contributed by atoms with Crippen LogP contribution in [-0.2, 0) is 35.1 Å². The number of benzene rings is 2. The van der Waals surface area contributed by atoms with Gasteiger partial charge in [0.1, 0.15) is 36.1 Å². The summed E-state index contributed by atoms with van der Waals surface area (Å²) in [5.41, 5.74) is -4.01. The molecule has 2 aromatic carbocycles. The number of hydrogen-bond acceptors (Lipinski definition) is 13. The Morgan fingerprint density at radius 2 is 1.56 bits per heavy atom. The number of rotatable bonds is 13. The van der Waals surface area contributed by atoms with E-state index >= 15 is 0 Å². The van der Waals surface area contributed by atoms with Gasteiger partial charge in [0.15, 0.2) is 11.9 Å². The Kier molecular flexibility index (Phi) is 18.6. The number of aliphatic hydroxyl groups is 5. The van der Waals surface area contributed by atoms with E-state index in [1.165, 1.54) is 25.1 Å². The first-order valence-electron chi connectivity index (χ1n) is 19.1. The van der Waals surface area contributed by atoms with Crippen molar-refractivity contribution in [1.29, 1.82) is 0 Å². The summed E-state index contributed by atoms with van der Waals surface area (Å²) in [5, 5.41) is 62.0. The fourth-order valence-electron chi connectivity index (χ4n) is 8.63. The molecule has 0 bridgehead atoms.